The average molecular weight is 994 g/mol. The fraction of sp³-hybridized carbons (Fsp3) is 1.00. The second kappa shape index (κ2) is 40.5. The molecule has 0 atom stereocenters. The molecule has 11 rings (SSSR count). The minimum absolute atomic E-state index is 1.02. The Labute approximate surface area is 429 Å². The first-order chi connectivity index (χ1) is 34.6. The maximum Gasteiger partial charge on any atom is 0.0110 e. The van der Waals surface area contributed by atoms with Gasteiger partial charge in [-0.1, -0.05) is 0 Å². The second-order valence-electron chi connectivity index (χ2n) is 20.8. The maximum absolute atomic E-state index is 3.65. The van der Waals surface area contributed by atoms with Crippen LogP contribution >= 0.6 is 0 Å². The standard InChI is InChI=1S/C50H112N20/c1-61-27-31-67-43-35-63(36-44-67)23-19-57-15-11-53-7-3-51-5-9-55-13-17-59-21-25-65-39-47-69(48-40-65)33-29-62(2)30-34-70-49-41-66(42-50-70)26-22-60-18-14-56-10-6-52-4-8-54-12-16-58-20-24-64-37-45-68(32-28-61)46-38-64/h51-60H,3-50H2,1-2H3. The smallest absolute Gasteiger partial charge is 0.0110 e. The molecule has 0 aromatic rings. The summed E-state index contributed by atoms with van der Waals surface area (Å²) in [5.41, 5.74) is 0. The summed E-state index contributed by atoms with van der Waals surface area (Å²) >= 11 is 0. The summed E-state index contributed by atoms with van der Waals surface area (Å²) in [5.74, 6) is 0. The van der Waals surface area contributed by atoms with Gasteiger partial charge >= 0.3 is 0 Å². The van der Waals surface area contributed by atoms with Gasteiger partial charge < -0.3 is 63.0 Å². The van der Waals surface area contributed by atoms with Crippen molar-refractivity contribution in [1.29, 1.82) is 0 Å². The van der Waals surface area contributed by atoms with E-state index in [1.807, 2.05) is 0 Å². The van der Waals surface area contributed by atoms with Gasteiger partial charge in [-0.25, -0.2) is 0 Å². The molecule has 10 N–H and O–H groups in total. The highest BCUT2D eigenvalue weighted by Gasteiger charge is 2.21. The number of nitrogens with one attached hydrogen (secondary N) is 10. The second-order valence-corrected chi connectivity index (χ2v) is 20.8. The first-order valence-electron chi connectivity index (χ1n) is 28.8. The zero-order chi connectivity index (χ0) is 48.8. The van der Waals surface area contributed by atoms with Gasteiger partial charge in [0.1, 0.15) is 0 Å². The molecule has 11 heterocycles. The van der Waals surface area contributed by atoms with Crippen LogP contribution in [0.3, 0.4) is 0 Å². The quantitative estimate of drug-likeness (QED) is 0.112. The van der Waals surface area contributed by atoms with Crippen molar-refractivity contribution in [2.45, 2.75) is 0 Å². The van der Waals surface area contributed by atoms with E-state index in [4.69, 9.17) is 0 Å². The highest BCUT2D eigenvalue weighted by atomic mass is 15.3. The van der Waals surface area contributed by atoms with Crippen LogP contribution in [-0.2, 0) is 0 Å². The number of rotatable bonds is 0. The molecule has 11 aliphatic heterocycles. The Hall–Kier alpha value is -0.800. The van der Waals surface area contributed by atoms with Crippen LogP contribution in [0, 0.1) is 0 Å². The van der Waals surface area contributed by atoms with Gasteiger partial charge in [-0.3, -0.25) is 39.2 Å². The molecule has 20 nitrogen and oxygen atoms in total. The molecule has 412 valence electrons. The van der Waals surface area contributed by atoms with Crippen molar-refractivity contribution in [3.05, 3.63) is 0 Å². The lowest BCUT2D eigenvalue weighted by Crippen LogP contribution is -2.51. The van der Waals surface area contributed by atoms with Gasteiger partial charge in [-0.05, 0) is 14.1 Å². The van der Waals surface area contributed by atoms with Crippen molar-refractivity contribution in [2.75, 3.05) is 328 Å². The average Bonchev–Trinajstić information content (AvgIpc) is 3.39. The molecule has 0 aliphatic carbocycles. The third-order valence-electron chi connectivity index (χ3n) is 15.3. The van der Waals surface area contributed by atoms with Gasteiger partial charge in [0.05, 0.1) is 0 Å². The van der Waals surface area contributed by atoms with Crippen LogP contribution in [0.2, 0.25) is 0 Å². The third kappa shape index (κ3) is 29.9. The van der Waals surface area contributed by atoms with Crippen molar-refractivity contribution in [1.82, 2.24) is 102 Å². The molecule has 11 saturated heterocycles. The summed E-state index contributed by atoms with van der Waals surface area (Å²) in [6.07, 6.45) is 0. The van der Waals surface area contributed by atoms with Crippen LogP contribution in [0.4, 0.5) is 0 Å². The summed E-state index contributed by atoms with van der Waals surface area (Å²) in [7, 11) is 4.63. The number of piperazine rings is 4. The topological polar surface area (TPSA) is 153 Å². The molecule has 0 saturated carbocycles. The lowest BCUT2D eigenvalue weighted by molar-refractivity contribution is 0.109. The number of hydrogen-bond donors (Lipinski definition) is 10. The lowest BCUT2D eigenvalue weighted by atomic mass is 10.3. The van der Waals surface area contributed by atoms with Gasteiger partial charge in [0, 0.05) is 314 Å². The molecular formula is C50H112N20. The molecule has 0 radical (unpaired) electrons. The Balaban J connectivity index is 0.866. The molecule has 0 aromatic carbocycles. The summed E-state index contributed by atoms with van der Waals surface area (Å²) < 4.78 is 0. The number of likely N-dealkylation sites (N-methyl/N-ethyl adjacent to an activating group) is 2. The normalized spacial score (nSPS) is 33.9. The molecule has 0 aromatic heterocycles. The molecule has 11 fully saturated rings. The van der Waals surface area contributed by atoms with E-state index >= 15 is 0 Å². The van der Waals surface area contributed by atoms with Gasteiger partial charge in [-0.2, -0.15) is 0 Å². The molecule has 0 spiro atoms. The highest BCUT2D eigenvalue weighted by Crippen LogP contribution is 2.05. The molecule has 0 amide bonds. The highest BCUT2D eigenvalue weighted by molar-refractivity contribution is 4.78. The van der Waals surface area contributed by atoms with Crippen LogP contribution in [0.25, 0.3) is 0 Å². The van der Waals surface area contributed by atoms with Crippen LogP contribution < -0.4 is 53.2 Å². The zero-order valence-corrected chi connectivity index (χ0v) is 45.4. The van der Waals surface area contributed by atoms with Crippen molar-refractivity contribution in [3.63, 3.8) is 0 Å². The Morgan fingerprint density at radius 3 is 0.414 bits per heavy atom. The number of hydrogen-bond acceptors (Lipinski definition) is 20. The van der Waals surface area contributed by atoms with E-state index in [0.717, 1.165) is 157 Å². The first kappa shape index (κ1) is 60.1. The SMILES string of the molecule is CN1CCN2CCN(CCNCCNCCNCCNCCNCCN3CCN(CCN(C)CCN4CCN(CCNCCNCCNCCNCCNCCN5CCN(CC1)CC5)CC4)CC3)CC2. The van der Waals surface area contributed by atoms with Gasteiger partial charge in [-0.15, -0.1) is 0 Å². The Morgan fingerprint density at radius 1 is 0.143 bits per heavy atom. The Bertz CT molecular complexity index is 993. The maximum atomic E-state index is 3.65. The van der Waals surface area contributed by atoms with Crippen LogP contribution in [0.1, 0.15) is 0 Å². The van der Waals surface area contributed by atoms with E-state index < -0.39 is 0 Å². The summed E-state index contributed by atoms with van der Waals surface area (Å²) in [5, 5.41) is 36.1. The van der Waals surface area contributed by atoms with Crippen LogP contribution in [-0.4, -0.2) is 377 Å². The van der Waals surface area contributed by atoms with Gasteiger partial charge in [0.25, 0.3) is 0 Å². The van der Waals surface area contributed by atoms with E-state index in [9.17, 15) is 0 Å². The zero-order valence-electron chi connectivity index (χ0n) is 45.4. The predicted octanol–water partition coefficient (Wildman–Crippen LogP) is -5.77. The third-order valence-corrected chi connectivity index (χ3v) is 15.3. The molecule has 0 unspecified atom stereocenters. The van der Waals surface area contributed by atoms with E-state index in [0.29, 0.717) is 0 Å². The van der Waals surface area contributed by atoms with Gasteiger partial charge in [0.2, 0.25) is 0 Å². The lowest BCUT2D eigenvalue weighted by Gasteiger charge is -2.36. The Kier molecular flexibility index (Phi) is 34.8. The van der Waals surface area contributed by atoms with Crippen molar-refractivity contribution >= 4 is 0 Å². The number of nitrogens with zero attached hydrogens (tertiary/aromatic N) is 10. The fourth-order valence-corrected chi connectivity index (χ4v) is 10.0. The van der Waals surface area contributed by atoms with Crippen LogP contribution in [0.15, 0.2) is 0 Å². The van der Waals surface area contributed by atoms with E-state index in [-0.39, 0.29) is 0 Å². The van der Waals surface area contributed by atoms with Crippen molar-refractivity contribution in [2.24, 2.45) is 0 Å². The minimum Gasteiger partial charge on any atom is -0.314 e. The summed E-state index contributed by atoms with van der Waals surface area (Å²) in [4.78, 5) is 26.3. The molecule has 8 bridgehead atoms. The van der Waals surface area contributed by atoms with E-state index in [1.165, 1.54) is 157 Å². The van der Waals surface area contributed by atoms with Gasteiger partial charge in [0.15, 0.2) is 0 Å². The Morgan fingerprint density at radius 2 is 0.257 bits per heavy atom. The minimum atomic E-state index is 1.02. The fourth-order valence-electron chi connectivity index (χ4n) is 10.0. The largest absolute Gasteiger partial charge is 0.314 e. The molecule has 70 heavy (non-hydrogen) atoms. The van der Waals surface area contributed by atoms with Crippen molar-refractivity contribution < 1.29 is 0 Å². The summed E-state index contributed by atoms with van der Waals surface area (Å²) in [6.45, 7) is 54.0. The molecular weight excluding hydrogens is 881 g/mol. The first-order valence-corrected chi connectivity index (χ1v) is 28.8. The molecule has 11 aliphatic rings. The van der Waals surface area contributed by atoms with Crippen molar-refractivity contribution in [3.8, 4) is 0 Å². The summed E-state index contributed by atoms with van der Waals surface area (Å²) in [6, 6.07) is 0. The molecule has 20 heteroatoms. The predicted molar refractivity (Wildman–Crippen MR) is 295 cm³/mol. The van der Waals surface area contributed by atoms with E-state index in [1.54, 1.807) is 0 Å². The van der Waals surface area contributed by atoms with E-state index in [2.05, 4.69) is 116 Å². The monoisotopic (exact) mass is 993 g/mol. The van der Waals surface area contributed by atoms with Crippen LogP contribution in [0.5, 0.6) is 0 Å².